The average molecular weight is 316 g/mol. The second-order valence-corrected chi connectivity index (χ2v) is 8.24. The lowest BCUT2D eigenvalue weighted by Crippen LogP contribution is -2.46. The van der Waals surface area contributed by atoms with Gasteiger partial charge in [0.1, 0.15) is 17.0 Å². The summed E-state index contributed by atoms with van der Waals surface area (Å²) in [5.74, 6) is 2.98. The monoisotopic (exact) mass is 316 g/mol. The zero-order valence-electron chi connectivity index (χ0n) is 12.0. The molecule has 0 aromatic carbocycles. The van der Waals surface area contributed by atoms with Gasteiger partial charge in [-0.1, -0.05) is 0 Å². The summed E-state index contributed by atoms with van der Waals surface area (Å²) in [4.78, 5) is 10.8. The molecule has 2 rings (SSSR count). The number of anilines is 1. The maximum absolute atomic E-state index is 11.9. The molecule has 2 heterocycles. The van der Waals surface area contributed by atoms with Crippen LogP contribution in [0.3, 0.4) is 0 Å². The molecule has 1 atom stereocenters. The summed E-state index contributed by atoms with van der Waals surface area (Å²) in [6.45, 7) is 3.12. The molecule has 112 valence electrons. The topological polar surface area (TPSA) is 75.2 Å². The van der Waals surface area contributed by atoms with Gasteiger partial charge in [0.2, 0.25) is 0 Å². The molecule has 0 bridgehead atoms. The fraction of sp³-hybridized carbons (Fsp3) is 0.667. The van der Waals surface area contributed by atoms with Crippen LogP contribution in [0.1, 0.15) is 11.5 Å². The molecule has 1 fully saturated rings. The van der Waals surface area contributed by atoms with E-state index in [1.54, 1.807) is 11.8 Å². The number of sulfone groups is 1. The molecule has 20 heavy (non-hydrogen) atoms. The van der Waals surface area contributed by atoms with Crippen molar-refractivity contribution in [1.82, 2.24) is 14.9 Å². The molecular formula is C12H20N4O2S2. The highest BCUT2D eigenvalue weighted by atomic mass is 32.2. The lowest BCUT2D eigenvalue weighted by Gasteiger charge is -2.33. The number of aryl methyl sites for hydroxylation is 1. The minimum Gasteiger partial charge on any atom is -0.373 e. The third-order valence-electron chi connectivity index (χ3n) is 3.19. The minimum absolute atomic E-state index is 0.441. The first kappa shape index (κ1) is 15.5. The molecule has 0 amide bonds. The van der Waals surface area contributed by atoms with E-state index in [0.29, 0.717) is 18.1 Å². The van der Waals surface area contributed by atoms with Crippen LogP contribution in [-0.2, 0) is 16.4 Å². The van der Waals surface area contributed by atoms with E-state index in [-0.39, 0.29) is 0 Å². The van der Waals surface area contributed by atoms with Gasteiger partial charge in [-0.25, -0.2) is 18.4 Å². The van der Waals surface area contributed by atoms with Crippen LogP contribution < -0.4 is 5.32 Å². The van der Waals surface area contributed by atoms with E-state index in [9.17, 15) is 8.42 Å². The molecular weight excluding hydrogens is 296 g/mol. The molecule has 1 aromatic rings. The summed E-state index contributed by atoms with van der Waals surface area (Å²) in [6, 6.07) is 1.86. The number of nitrogens with one attached hydrogen (secondary N) is 1. The first-order valence-corrected chi connectivity index (χ1v) is 9.54. The molecule has 0 radical (unpaired) electrons. The highest BCUT2D eigenvalue weighted by Gasteiger charge is 2.31. The largest absolute Gasteiger partial charge is 0.373 e. The summed E-state index contributed by atoms with van der Waals surface area (Å²) in [5.41, 5.74) is 0.877. The molecule has 1 aromatic heterocycles. The smallest absolute Gasteiger partial charge is 0.164 e. The van der Waals surface area contributed by atoms with Crippen LogP contribution in [0.2, 0.25) is 0 Å². The number of rotatable bonds is 4. The van der Waals surface area contributed by atoms with Gasteiger partial charge in [0.05, 0.1) is 6.54 Å². The van der Waals surface area contributed by atoms with Gasteiger partial charge in [-0.2, -0.15) is 11.8 Å². The van der Waals surface area contributed by atoms with Gasteiger partial charge in [0.25, 0.3) is 0 Å². The van der Waals surface area contributed by atoms with Gasteiger partial charge >= 0.3 is 0 Å². The van der Waals surface area contributed by atoms with E-state index < -0.39 is 15.2 Å². The molecule has 1 unspecified atom stereocenters. The predicted molar refractivity (Wildman–Crippen MR) is 82.7 cm³/mol. The zero-order chi connectivity index (χ0) is 14.8. The number of aromatic nitrogens is 2. The van der Waals surface area contributed by atoms with Gasteiger partial charge in [-0.3, -0.25) is 4.90 Å². The highest BCUT2D eigenvalue weighted by Crippen LogP contribution is 2.22. The van der Waals surface area contributed by atoms with Crippen molar-refractivity contribution in [2.45, 2.75) is 18.8 Å². The van der Waals surface area contributed by atoms with E-state index in [4.69, 9.17) is 0 Å². The summed E-state index contributed by atoms with van der Waals surface area (Å²) in [7, 11) is -1.28. The number of nitrogens with zero attached hydrogens (tertiary/aromatic N) is 3. The van der Waals surface area contributed by atoms with E-state index in [1.165, 1.54) is 6.26 Å². The molecule has 1 N–H and O–H groups in total. The maximum atomic E-state index is 11.9. The number of thioether (sulfide) groups is 1. The van der Waals surface area contributed by atoms with Crippen molar-refractivity contribution in [2.24, 2.45) is 0 Å². The Balaban J connectivity index is 2.21. The molecule has 8 heteroatoms. The van der Waals surface area contributed by atoms with E-state index in [0.717, 1.165) is 23.8 Å². The molecule has 0 aliphatic carbocycles. The Labute approximate surface area is 124 Å². The Morgan fingerprint density at radius 2 is 2.25 bits per heavy atom. The Morgan fingerprint density at radius 1 is 1.50 bits per heavy atom. The Kier molecular flexibility index (Phi) is 4.87. The highest BCUT2D eigenvalue weighted by molar-refractivity contribution is 8.00. The van der Waals surface area contributed by atoms with Gasteiger partial charge in [0, 0.05) is 43.1 Å². The molecule has 1 aliphatic heterocycles. The van der Waals surface area contributed by atoms with Crippen molar-refractivity contribution < 1.29 is 8.42 Å². The number of hydrogen-bond donors (Lipinski definition) is 1. The molecule has 1 aliphatic rings. The third-order valence-corrected chi connectivity index (χ3v) is 5.87. The maximum Gasteiger partial charge on any atom is 0.164 e. The summed E-state index contributed by atoms with van der Waals surface area (Å²) in [6.07, 6.45) is 1.30. The fourth-order valence-corrected chi connectivity index (χ4v) is 5.14. The molecule has 0 saturated carbocycles. The van der Waals surface area contributed by atoms with E-state index >= 15 is 0 Å². The normalized spacial score (nSPS) is 20.9. The zero-order valence-corrected chi connectivity index (χ0v) is 13.6. The fourth-order valence-electron chi connectivity index (χ4n) is 2.20. The average Bonchev–Trinajstić information content (AvgIpc) is 2.37. The molecule has 6 nitrogen and oxygen atoms in total. The Hall–Kier alpha value is -0.860. The Morgan fingerprint density at radius 3 is 2.90 bits per heavy atom. The lowest BCUT2D eigenvalue weighted by atomic mass is 10.4. The first-order valence-electron chi connectivity index (χ1n) is 6.43. The Bertz CT molecular complexity index is 577. The van der Waals surface area contributed by atoms with Crippen molar-refractivity contribution in [2.75, 3.05) is 36.7 Å². The van der Waals surface area contributed by atoms with Gasteiger partial charge in [-0.05, 0) is 6.92 Å². The van der Waals surface area contributed by atoms with Crippen molar-refractivity contribution in [3.8, 4) is 0 Å². The van der Waals surface area contributed by atoms with Crippen LogP contribution in [0.15, 0.2) is 6.07 Å². The van der Waals surface area contributed by atoms with Crippen LogP contribution in [0, 0.1) is 6.92 Å². The predicted octanol–water partition coefficient (Wildman–Crippen LogP) is 0.746. The quantitative estimate of drug-likeness (QED) is 0.878. The van der Waals surface area contributed by atoms with Crippen molar-refractivity contribution in [3.05, 3.63) is 17.6 Å². The van der Waals surface area contributed by atoms with Crippen LogP contribution in [0.4, 0.5) is 5.82 Å². The number of hydrogen-bond acceptors (Lipinski definition) is 7. The lowest BCUT2D eigenvalue weighted by molar-refractivity contribution is 0.256. The first-order chi connectivity index (χ1) is 9.40. The second-order valence-electron chi connectivity index (χ2n) is 4.89. The SMILES string of the molecule is CNc1cc(C)nc(CN2CCSCC2S(C)(=O)=O)n1. The van der Waals surface area contributed by atoms with Crippen LogP contribution in [-0.4, -0.2) is 60.0 Å². The van der Waals surface area contributed by atoms with Crippen molar-refractivity contribution in [1.29, 1.82) is 0 Å². The van der Waals surface area contributed by atoms with Gasteiger partial charge < -0.3 is 5.32 Å². The molecule has 0 spiro atoms. The van der Waals surface area contributed by atoms with Crippen LogP contribution in [0.5, 0.6) is 0 Å². The summed E-state index contributed by atoms with van der Waals surface area (Å²) >= 11 is 1.68. The van der Waals surface area contributed by atoms with E-state index in [1.807, 2.05) is 24.9 Å². The van der Waals surface area contributed by atoms with Gasteiger partial charge in [0.15, 0.2) is 9.84 Å². The second kappa shape index (κ2) is 6.28. The molecule has 1 saturated heterocycles. The standard InChI is InChI=1S/C12H20N4O2S2/c1-9-6-10(13-2)15-11(14-9)7-16-4-5-19-8-12(16)20(3,17)18/h6,12H,4-5,7-8H2,1-3H3,(H,13,14,15). The minimum atomic E-state index is -3.09. The summed E-state index contributed by atoms with van der Waals surface area (Å²) < 4.78 is 23.7. The summed E-state index contributed by atoms with van der Waals surface area (Å²) in [5, 5.41) is 2.55. The van der Waals surface area contributed by atoms with Gasteiger partial charge in [-0.15, -0.1) is 0 Å². The van der Waals surface area contributed by atoms with E-state index in [2.05, 4.69) is 15.3 Å². The van der Waals surface area contributed by atoms with Crippen LogP contribution >= 0.6 is 11.8 Å². The third kappa shape index (κ3) is 3.83. The van der Waals surface area contributed by atoms with Crippen molar-refractivity contribution in [3.63, 3.8) is 0 Å². The van der Waals surface area contributed by atoms with Crippen molar-refractivity contribution >= 4 is 27.4 Å². The van der Waals surface area contributed by atoms with Crippen LogP contribution in [0.25, 0.3) is 0 Å².